The first kappa shape index (κ1) is 16.5. The summed E-state index contributed by atoms with van der Waals surface area (Å²) in [4.78, 5) is 4.91. The van der Waals surface area contributed by atoms with Gasteiger partial charge in [0.25, 0.3) is 0 Å². The van der Waals surface area contributed by atoms with Crippen molar-refractivity contribution in [2.75, 3.05) is 39.8 Å². The Morgan fingerprint density at radius 1 is 1.05 bits per heavy atom. The molecule has 1 saturated heterocycles. The number of nitrogens with zero attached hydrogens (tertiary/aromatic N) is 2. The lowest BCUT2D eigenvalue weighted by Crippen LogP contribution is -2.35. The summed E-state index contributed by atoms with van der Waals surface area (Å²) in [6, 6.07) is 8.98. The van der Waals surface area contributed by atoms with Crippen molar-refractivity contribution in [3.63, 3.8) is 0 Å². The molecule has 2 rings (SSSR count). The van der Waals surface area contributed by atoms with Crippen molar-refractivity contribution < 1.29 is 0 Å². The molecule has 0 radical (unpaired) electrons. The lowest BCUT2D eigenvalue weighted by Gasteiger charge is -2.25. The fourth-order valence-electron chi connectivity index (χ4n) is 2.90. The summed E-state index contributed by atoms with van der Waals surface area (Å²) < 4.78 is 0. The Hall–Kier alpha value is -0.900. The van der Waals surface area contributed by atoms with Crippen LogP contribution in [0.3, 0.4) is 0 Å². The van der Waals surface area contributed by atoms with Crippen molar-refractivity contribution in [3.8, 4) is 0 Å². The van der Waals surface area contributed by atoms with Crippen molar-refractivity contribution in [2.24, 2.45) is 5.73 Å². The molecule has 0 aromatic heterocycles. The van der Waals surface area contributed by atoms with Gasteiger partial charge in [0.2, 0.25) is 0 Å². The van der Waals surface area contributed by atoms with Crippen LogP contribution >= 0.6 is 0 Å². The van der Waals surface area contributed by atoms with Crippen LogP contribution in [0.4, 0.5) is 0 Å². The zero-order valence-corrected chi connectivity index (χ0v) is 14.1. The number of nitrogens with two attached hydrogens (primary N) is 1. The molecule has 3 nitrogen and oxygen atoms in total. The van der Waals surface area contributed by atoms with E-state index < -0.39 is 0 Å². The number of benzene rings is 1. The highest BCUT2D eigenvalue weighted by Crippen LogP contribution is 2.23. The summed E-state index contributed by atoms with van der Waals surface area (Å²) in [6.45, 7) is 12.3. The van der Waals surface area contributed by atoms with Gasteiger partial charge in [-0.15, -0.1) is 0 Å². The Labute approximate surface area is 130 Å². The molecular formula is C18H31N3. The Morgan fingerprint density at radius 2 is 1.71 bits per heavy atom. The molecule has 0 spiro atoms. The van der Waals surface area contributed by atoms with Crippen LogP contribution in [0.2, 0.25) is 0 Å². The standard InChI is InChI=1S/C18H31N3/c1-18(2,3)16-8-6-15(7-9-16)17(19)14-21-11-5-10-20(4)12-13-21/h6-9,17H,5,10-14,19H2,1-4H3. The fraction of sp³-hybridized carbons (Fsp3) is 0.667. The monoisotopic (exact) mass is 289 g/mol. The van der Waals surface area contributed by atoms with E-state index in [1.165, 1.54) is 24.1 Å². The van der Waals surface area contributed by atoms with E-state index in [2.05, 4.69) is 61.9 Å². The molecule has 1 aromatic rings. The third kappa shape index (κ3) is 4.80. The predicted molar refractivity (Wildman–Crippen MR) is 90.6 cm³/mol. The smallest absolute Gasteiger partial charge is 0.0424 e. The number of hydrogen-bond donors (Lipinski definition) is 1. The zero-order chi connectivity index (χ0) is 15.5. The Balaban J connectivity index is 1.95. The van der Waals surface area contributed by atoms with Gasteiger partial charge in [0.1, 0.15) is 0 Å². The van der Waals surface area contributed by atoms with Gasteiger partial charge in [-0.25, -0.2) is 0 Å². The topological polar surface area (TPSA) is 32.5 Å². The van der Waals surface area contributed by atoms with E-state index in [9.17, 15) is 0 Å². The average molecular weight is 289 g/mol. The summed E-state index contributed by atoms with van der Waals surface area (Å²) in [6.07, 6.45) is 1.24. The molecule has 21 heavy (non-hydrogen) atoms. The highest BCUT2D eigenvalue weighted by Gasteiger charge is 2.17. The van der Waals surface area contributed by atoms with E-state index in [0.717, 1.165) is 26.2 Å². The first-order valence-corrected chi connectivity index (χ1v) is 8.13. The Kier molecular flexibility index (Phi) is 5.42. The van der Waals surface area contributed by atoms with E-state index >= 15 is 0 Å². The molecule has 1 aromatic carbocycles. The lowest BCUT2D eigenvalue weighted by molar-refractivity contribution is 0.262. The van der Waals surface area contributed by atoms with Crippen LogP contribution in [-0.2, 0) is 5.41 Å². The molecule has 0 amide bonds. The fourth-order valence-corrected chi connectivity index (χ4v) is 2.90. The minimum absolute atomic E-state index is 0.113. The molecule has 1 heterocycles. The first-order chi connectivity index (χ1) is 9.86. The minimum atomic E-state index is 0.113. The van der Waals surface area contributed by atoms with Crippen LogP contribution in [0.15, 0.2) is 24.3 Å². The van der Waals surface area contributed by atoms with E-state index in [4.69, 9.17) is 5.73 Å². The summed E-state index contributed by atoms with van der Waals surface area (Å²) in [7, 11) is 2.20. The molecule has 1 fully saturated rings. The summed E-state index contributed by atoms with van der Waals surface area (Å²) in [5, 5.41) is 0. The van der Waals surface area contributed by atoms with Crippen LogP contribution < -0.4 is 5.73 Å². The first-order valence-electron chi connectivity index (χ1n) is 8.13. The maximum absolute atomic E-state index is 6.42. The van der Waals surface area contributed by atoms with Gasteiger partial charge in [-0.05, 0) is 43.1 Å². The summed E-state index contributed by atoms with van der Waals surface area (Å²) in [5.74, 6) is 0. The highest BCUT2D eigenvalue weighted by atomic mass is 15.2. The van der Waals surface area contributed by atoms with E-state index in [1.54, 1.807) is 0 Å². The van der Waals surface area contributed by atoms with Gasteiger partial charge in [-0.1, -0.05) is 45.0 Å². The molecule has 118 valence electrons. The molecule has 3 heteroatoms. The maximum atomic E-state index is 6.42. The van der Waals surface area contributed by atoms with Crippen molar-refractivity contribution >= 4 is 0 Å². The maximum Gasteiger partial charge on any atom is 0.0424 e. The highest BCUT2D eigenvalue weighted by molar-refractivity contribution is 5.29. The molecule has 2 N–H and O–H groups in total. The molecule has 1 aliphatic rings. The van der Waals surface area contributed by atoms with Gasteiger partial charge in [0.15, 0.2) is 0 Å². The van der Waals surface area contributed by atoms with Crippen molar-refractivity contribution in [2.45, 2.75) is 38.6 Å². The molecule has 1 atom stereocenters. The zero-order valence-electron chi connectivity index (χ0n) is 14.1. The van der Waals surface area contributed by atoms with E-state index in [1.807, 2.05) is 0 Å². The second-order valence-corrected chi connectivity index (χ2v) is 7.44. The third-order valence-electron chi connectivity index (χ3n) is 4.47. The van der Waals surface area contributed by atoms with Crippen LogP contribution in [0, 0.1) is 0 Å². The van der Waals surface area contributed by atoms with E-state index in [0.29, 0.717) is 0 Å². The molecule has 0 aliphatic carbocycles. The molecule has 1 aliphatic heterocycles. The van der Waals surface area contributed by atoms with Crippen LogP contribution in [0.1, 0.15) is 44.4 Å². The summed E-state index contributed by atoms with van der Waals surface area (Å²) in [5.41, 5.74) is 9.24. The van der Waals surface area contributed by atoms with Crippen LogP contribution in [0.25, 0.3) is 0 Å². The van der Waals surface area contributed by atoms with Gasteiger partial charge in [0, 0.05) is 25.7 Å². The second kappa shape index (κ2) is 6.91. The third-order valence-corrected chi connectivity index (χ3v) is 4.47. The predicted octanol–water partition coefficient (Wildman–Crippen LogP) is 2.62. The van der Waals surface area contributed by atoms with Crippen LogP contribution in [-0.4, -0.2) is 49.6 Å². The lowest BCUT2D eigenvalue weighted by atomic mass is 9.86. The van der Waals surface area contributed by atoms with Gasteiger partial charge >= 0.3 is 0 Å². The summed E-state index contributed by atoms with van der Waals surface area (Å²) >= 11 is 0. The molecule has 0 saturated carbocycles. The second-order valence-electron chi connectivity index (χ2n) is 7.44. The molecule has 0 bridgehead atoms. The van der Waals surface area contributed by atoms with Crippen molar-refractivity contribution in [3.05, 3.63) is 35.4 Å². The van der Waals surface area contributed by atoms with Gasteiger partial charge < -0.3 is 15.5 Å². The SMILES string of the molecule is CN1CCCN(CC(N)c2ccc(C(C)(C)C)cc2)CC1. The van der Waals surface area contributed by atoms with Gasteiger partial charge in [-0.2, -0.15) is 0 Å². The normalized spacial score (nSPS) is 20.2. The number of rotatable bonds is 3. The quantitative estimate of drug-likeness (QED) is 0.928. The van der Waals surface area contributed by atoms with Crippen molar-refractivity contribution in [1.29, 1.82) is 0 Å². The van der Waals surface area contributed by atoms with Crippen LogP contribution in [0.5, 0.6) is 0 Å². The number of likely N-dealkylation sites (N-methyl/N-ethyl adjacent to an activating group) is 1. The van der Waals surface area contributed by atoms with E-state index in [-0.39, 0.29) is 11.5 Å². The van der Waals surface area contributed by atoms with Gasteiger partial charge in [0.05, 0.1) is 0 Å². The van der Waals surface area contributed by atoms with Gasteiger partial charge in [-0.3, -0.25) is 0 Å². The number of hydrogen-bond acceptors (Lipinski definition) is 3. The molecule has 1 unspecified atom stereocenters. The van der Waals surface area contributed by atoms with Crippen molar-refractivity contribution in [1.82, 2.24) is 9.80 Å². The molecular weight excluding hydrogens is 258 g/mol. The minimum Gasteiger partial charge on any atom is -0.323 e. The largest absolute Gasteiger partial charge is 0.323 e. The average Bonchev–Trinajstić information content (AvgIpc) is 2.63. The Morgan fingerprint density at radius 3 is 2.33 bits per heavy atom. The Bertz CT molecular complexity index is 433.